The first-order valence-corrected chi connectivity index (χ1v) is 7.20. The van der Waals surface area contributed by atoms with Crippen LogP contribution in [0.2, 0.25) is 0 Å². The van der Waals surface area contributed by atoms with Crippen molar-refractivity contribution in [3.05, 3.63) is 0 Å². The summed E-state index contributed by atoms with van der Waals surface area (Å²) in [4.78, 5) is 14.6. The molecule has 1 amide bonds. The Balaban J connectivity index is 2.02. The Morgan fingerprint density at radius 3 is 2.35 bits per heavy atom. The first-order valence-electron chi connectivity index (χ1n) is 6.67. The van der Waals surface area contributed by atoms with E-state index >= 15 is 0 Å². The number of hydrogen-bond acceptors (Lipinski definition) is 1. The van der Waals surface area contributed by atoms with Crippen LogP contribution in [0.4, 0.5) is 0 Å². The minimum Gasteiger partial charge on any atom is -0.342 e. The number of likely N-dealkylation sites (tertiary alicyclic amines) is 1. The van der Waals surface area contributed by atoms with Crippen molar-refractivity contribution in [2.45, 2.75) is 40.5 Å². The van der Waals surface area contributed by atoms with Crippen LogP contribution in [0.15, 0.2) is 0 Å². The molecule has 0 bridgehead atoms. The standard InChI is InChI=1S/C14H24ClNO/c1-13(2)11(14(13,3)4)12(17)16-7-5-6-10(8-15)9-16/h10-11H,5-9H2,1-4H3. The molecule has 2 fully saturated rings. The molecule has 2 nitrogen and oxygen atoms in total. The van der Waals surface area contributed by atoms with Gasteiger partial charge < -0.3 is 4.90 Å². The van der Waals surface area contributed by atoms with E-state index in [1.165, 1.54) is 6.42 Å². The average Bonchev–Trinajstić information content (AvgIpc) is 2.69. The molecule has 0 spiro atoms. The van der Waals surface area contributed by atoms with Gasteiger partial charge >= 0.3 is 0 Å². The van der Waals surface area contributed by atoms with Crippen molar-refractivity contribution in [2.24, 2.45) is 22.7 Å². The van der Waals surface area contributed by atoms with Crippen LogP contribution < -0.4 is 0 Å². The molecule has 2 rings (SSSR count). The Labute approximate surface area is 110 Å². The van der Waals surface area contributed by atoms with E-state index in [9.17, 15) is 4.79 Å². The lowest BCUT2D eigenvalue weighted by atomic mass is 9.99. The van der Waals surface area contributed by atoms with Crippen molar-refractivity contribution >= 4 is 17.5 Å². The Morgan fingerprint density at radius 1 is 1.29 bits per heavy atom. The Bertz CT molecular complexity index is 310. The summed E-state index contributed by atoms with van der Waals surface area (Å²) < 4.78 is 0. The van der Waals surface area contributed by atoms with Gasteiger partial charge in [0.25, 0.3) is 0 Å². The zero-order valence-corrected chi connectivity index (χ0v) is 12.2. The summed E-state index contributed by atoms with van der Waals surface area (Å²) in [6, 6.07) is 0. The Hall–Kier alpha value is -0.240. The molecule has 0 aromatic carbocycles. The third kappa shape index (κ3) is 1.99. The fourth-order valence-electron chi connectivity index (χ4n) is 3.39. The van der Waals surface area contributed by atoms with E-state index in [-0.39, 0.29) is 16.7 Å². The minimum absolute atomic E-state index is 0.151. The Kier molecular flexibility index (Phi) is 3.22. The molecule has 2 aliphatic rings. The fourth-order valence-corrected chi connectivity index (χ4v) is 3.64. The molecule has 98 valence electrons. The second-order valence-electron chi connectivity index (χ2n) is 6.82. The number of halogens is 1. The van der Waals surface area contributed by atoms with Crippen molar-refractivity contribution in [2.75, 3.05) is 19.0 Å². The topological polar surface area (TPSA) is 20.3 Å². The van der Waals surface area contributed by atoms with E-state index in [1.807, 2.05) is 0 Å². The normalized spacial score (nSPS) is 31.4. The number of rotatable bonds is 2. The zero-order chi connectivity index (χ0) is 12.8. The summed E-state index contributed by atoms with van der Waals surface area (Å²) in [5.74, 6) is 1.74. The van der Waals surface area contributed by atoms with Crippen molar-refractivity contribution in [3.8, 4) is 0 Å². The van der Waals surface area contributed by atoms with Gasteiger partial charge in [-0.1, -0.05) is 27.7 Å². The minimum atomic E-state index is 0.151. The molecule has 17 heavy (non-hydrogen) atoms. The van der Waals surface area contributed by atoms with Crippen LogP contribution in [0.5, 0.6) is 0 Å². The monoisotopic (exact) mass is 257 g/mol. The number of nitrogens with zero attached hydrogens (tertiary/aromatic N) is 1. The average molecular weight is 258 g/mol. The largest absolute Gasteiger partial charge is 0.342 e. The lowest BCUT2D eigenvalue weighted by Crippen LogP contribution is -2.42. The molecule has 3 heteroatoms. The molecule has 1 aliphatic heterocycles. The lowest BCUT2D eigenvalue weighted by Gasteiger charge is -2.32. The molecule has 0 aromatic heterocycles. The summed E-state index contributed by atoms with van der Waals surface area (Å²) >= 11 is 5.92. The number of carbonyl (C=O) groups excluding carboxylic acids is 1. The first kappa shape index (κ1) is 13.2. The van der Waals surface area contributed by atoms with Gasteiger partial charge in [-0.25, -0.2) is 0 Å². The maximum Gasteiger partial charge on any atom is 0.226 e. The van der Waals surface area contributed by atoms with E-state index in [1.54, 1.807) is 0 Å². The quantitative estimate of drug-likeness (QED) is 0.696. The molecule has 1 aliphatic carbocycles. The summed E-state index contributed by atoms with van der Waals surface area (Å²) in [6.45, 7) is 10.6. The fraction of sp³-hybridized carbons (Fsp3) is 0.929. The van der Waals surface area contributed by atoms with Gasteiger partial charge in [0, 0.05) is 24.9 Å². The van der Waals surface area contributed by atoms with Crippen LogP contribution >= 0.6 is 11.6 Å². The van der Waals surface area contributed by atoms with Gasteiger partial charge in [-0.05, 0) is 29.6 Å². The number of piperidine rings is 1. The number of hydrogen-bond donors (Lipinski definition) is 0. The first-order chi connectivity index (χ1) is 7.82. The van der Waals surface area contributed by atoms with E-state index in [0.717, 1.165) is 19.5 Å². The van der Waals surface area contributed by atoms with Crippen molar-refractivity contribution in [1.29, 1.82) is 0 Å². The van der Waals surface area contributed by atoms with E-state index in [0.29, 0.717) is 17.7 Å². The van der Waals surface area contributed by atoms with E-state index in [2.05, 4.69) is 32.6 Å². The number of carbonyl (C=O) groups is 1. The van der Waals surface area contributed by atoms with Gasteiger partial charge in [0.1, 0.15) is 0 Å². The van der Waals surface area contributed by atoms with Crippen LogP contribution in [0.1, 0.15) is 40.5 Å². The third-order valence-corrected chi connectivity index (χ3v) is 5.75. The Morgan fingerprint density at radius 2 is 1.88 bits per heavy atom. The van der Waals surface area contributed by atoms with Crippen LogP contribution in [0, 0.1) is 22.7 Å². The highest BCUT2D eigenvalue weighted by atomic mass is 35.5. The predicted molar refractivity (Wildman–Crippen MR) is 71.1 cm³/mol. The molecule has 1 saturated heterocycles. The second kappa shape index (κ2) is 4.15. The third-order valence-electron chi connectivity index (χ3n) is 5.32. The molecule has 1 saturated carbocycles. The molecule has 1 atom stereocenters. The molecule has 1 heterocycles. The molecule has 0 aromatic rings. The second-order valence-corrected chi connectivity index (χ2v) is 7.13. The van der Waals surface area contributed by atoms with Crippen molar-refractivity contribution < 1.29 is 4.79 Å². The highest BCUT2D eigenvalue weighted by Gasteiger charge is 2.68. The highest BCUT2D eigenvalue weighted by Crippen LogP contribution is 2.68. The molecule has 1 unspecified atom stereocenters. The molecular formula is C14H24ClNO. The van der Waals surface area contributed by atoms with Gasteiger partial charge in [-0.2, -0.15) is 0 Å². The zero-order valence-electron chi connectivity index (χ0n) is 11.4. The summed E-state index contributed by atoms with van der Waals surface area (Å²) in [5.41, 5.74) is 0.302. The molecule has 0 N–H and O–H groups in total. The predicted octanol–water partition coefficient (Wildman–Crippen LogP) is 3.15. The number of amides is 1. The maximum atomic E-state index is 12.5. The highest BCUT2D eigenvalue weighted by molar-refractivity contribution is 6.18. The molecule has 0 radical (unpaired) electrons. The van der Waals surface area contributed by atoms with Crippen LogP contribution in [-0.2, 0) is 4.79 Å². The van der Waals surface area contributed by atoms with Gasteiger partial charge in [0.2, 0.25) is 5.91 Å². The maximum absolute atomic E-state index is 12.5. The summed E-state index contributed by atoms with van der Waals surface area (Å²) in [6.07, 6.45) is 2.28. The smallest absolute Gasteiger partial charge is 0.226 e. The van der Waals surface area contributed by atoms with Crippen LogP contribution in [-0.4, -0.2) is 29.8 Å². The SMILES string of the molecule is CC1(C)C(C(=O)N2CCCC(CCl)C2)C1(C)C. The molecular weight excluding hydrogens is 234 g/mol. The van der Waals surface area contributed by atoms with E-state index in [4.69, 9.17) is 11.6 Å². The summed E-state index contributed by atoms with van der Waals surface area (Å²) in [7, 11) is 0. The van der Waals surface area contributed by atoms with Gasteiger partial charge in [-0.15, -0.1) is 11.6 Å². The van der Waals surface area contributed by atoms with Gasteiger partial charge in [-0.3, -0.25) is 4.79 Å². The van der Waals surface area contributed by atoms with Crippen molar-refractivity contribution in [1.82, 2.24) is 4.90 Å². The van der Waals surface area contributed by atoms with Gasteiger partial charge in [0.15, 0.2) is 0 Å². The van der Waals surface area contributed by atoms with Crippen LogP contribution in [0.25, 0.3) is 0 Å². The van der Waals surface area contributed by atoms with Gasteiger partial charge in [0.05, 0.1) is 0 Å². The van der Waals surface area contributed by atoms with Crippen LogP contribution in [0.3, 0.4) is 0 Å². The van der Waals surface area contributed by atoms with E-state index < -0.39 is 0 Å². The van der Waals surface area contributed by atoms with Crippen molar-refractivity contribution in [3.63, 3.8) is 0 Å². The number of alkyl halides is 1. The lowest BCUT2D eigenvalue weighted by molar-refractivity contribution is -0.135. The summed E-state index contributed by atoms with van der Waals surface area (Å²) in [5, 5.41) is 0.